The highest BCUT2D eigenvalue weighted by molar-refractivity contribution is 7.07. The number of halogens is 1. The van der Waals surface area contributed by atoms with Crippen molar-refractivity contribution >= 4 is 34.8 Å². The largest absolute Gasteiger partial charge is 0.493 e. The number of rotatable bonds is 10. The number of nitro groups is 1. The summed E-state index contributed by atoms with van der Waals surface area (Å²) in [6.45, 7) is 1.87. The topological polar surface area (TPSA) is 122 Å². The summed E-state index contributed by atoms with van der Waals surface area (Å²) in [7, 11) is 1.50. The van der Waals surface area contributed by atoms with Crippen LogP contribution < -0.4 is 24.4 Å². The van der Waals surface area contributed by atoms with Crippen molar-refractivity contribution in [1.29, 1.82) is 0 Å². The third-order valence-electron chi connectivity index (χ3n) is 7.61. The van der Waals surface area contributed by atoms with Crippen molar-refractivity contribution in [3.05, 3.63) is 161 Å². The molecular formula is C36H28FN3O7S. The van der Waals surface area contributed by atoms with Crippen LogP contribution in [0, 0.1) is 15.9 Å². The van der Waals surface area contributed by atoms with E-state index in [1.807, 2.05) is 30.3 Å². The number of carbonyl (C=O) groups is 1. The van der Waals surface area contributed by atoms with E-state index in [1.165, 1.54) is 48.1 Å². The van der Waals surface area contributed by atoms with E-state index < -0.39 is 28.3 Å². The summed E-state index contributed by atoms with van der Waals surface area (Å²) in [6.07, 6.45) is 1.66. The fourth-order valence-electron chi connectivity index (χ4n) is 5.37. The zero-order chi connectivity index (χ0) is 33.8. The maximum atomic E-state index is 14.3. The molecule has 48 heavy (non-hydrogen) atoms. The Hall–Kier alpha value is -5.88. The van der Waals surface area contributed by atoms with Gasteiger partial charge in [-0.2, -0.15) is 0 Å². The molecule has 0 saturated heterocycles. The molecule has 12 heteroatoms. The molecule has 2 heterocycles. The summed E-state index contributed by atoms with van der Waals surface area (Å²) >= 11 is 1.13. The minimum Gasteiger partial charge on any atom is -0.493 e. The standard InChI is InChI=1S/C36H28FN3O7S/c1-3-46-35(42)30-31(23-8-5-4-6-9-23)38-36-39(32(30)24-14-16-26(37)17-15-24)34(41)29(48-36)20-25-10-7-11-28(45-2)33(25)47-21-22-12-18-27(19-13-22)40(43)44/h4-20,32H,3,21H2,1-2H3/b29-20-/t32-/m1/s1. The molecule has 0 aliphatic carbocycles. The molecule has 1 aromatic heterocycles. The predicted octanol–water partition coefficient (Wildman–Crippen LogP) is 5.57. The predicted molar refractivity (Wildman–Crippen MR) is 178 cm³/mol. The molecular weight excluding hydrogens is 637 g/mol. The summed E-state index contributed by atoms with van der Waals surface area (Å²) in [5.74, 6) is -0.330. The fourth-order valence-corrected chi connectivity index (χ4v) is 6.36. The van der Waals surface area contributed by atoms with Crippen molar-refractivity contribution < 1.29 is 28.3 Å². The highest BCUT2D eigenvalue weighted by Crippen LogP contribution is 2.36. The monoisotopic (exact) mass is 665 g/mol. The third kappa shape index (κ3) is 6.38. The number of hydrogen-bond acceptors (Lipinski definition) is 9. The Morgan fingerprint density at radius 3 is 2.42 bits per heavy atom. The van der Waals surface area contributed by atoms with E-state index >= 15 is 0 Å². The molecule has 1 atom stereocenters. The van der Waals surface area contributed by atoms with E-state index in [1.54, 1.807) is 43.3 Å². The molecule has 0 radical (unpaired) electrons. The first-order valence-electron chi connectivity index (χ1n) is 14.9. The van der Waals surface area contributed by atoms with Crippen LogP contribution >= 0.6 is 11.3 Å². The Morgan fingerprint density at radius 2 is 1.75 bits per heavy atom. The lowest BCUT2D eigenvalue weighted by Crippen LogP contribution is -2.40. The van der Waals surface area contributed by atoms with E-state index in [-0.39, 0.29) is 24.5 Å². The van der Waals surface area contributed by atoms with Gasteiger partial charge in [0.05, 0.1) is 40.5 Å². The lowest BCUT2D eigenvalue weighted by Gasteiger charge is -2.25. The highest BCUT2D eigenvalue weighted by atomic mass is 32.1. The molecule has 0 fully saturated rings. The lowest BCUT2D eigenvalue weighted by atomic mass is 9.93. The average Bonchev–Trinajstić information content (AvgIpc) is 3.41. The Labute approximate surface area is 277 Å². The van der Waals surface area contributed by atoms with Crippen LogP contribution in [0.3, 0.4) is 0 Å². The van der Waals surface area contributed by atoms with Gasteiger partial charge in [-0.05, 0) is 54.5 Å². The zero-order valence-corrected chi connectivity index (χ0v) is 26.6. The first-order chi connectivity index (χ1) is 23.3. The number of thiazole rings is 1. The van der Waals surface area contributed by atoms with Gasteiger partial charge in [-0.1, -0.05) is 65.9 Å². The smallest absolute Gasteiger partial charge is 0.338 e. The number of non-ortho nitro benzene ring substituents is 1. The molecule has 0 saturated carbocycles. The summed E-state index contributed by atoms with van der Waals surface area (Å²) in [5.41, 5.74) is 2.43. The van der Waals surface area contributed by atoms with E-state index in [2.05, 4.69) is 0 Å². The number of benzene rings is 4. The molecule has 6 rings (SSSR count). The normalized spacial score (nSPS) is 14.2. The highest BCUT2D eigenvalue weighted by Gasteiger charge is 2.35. The molecule has 0 N–H and O–H groups in total. The first kappa shape index (κ1) is 32.1. The van der Waals surface area contributed by atoms with Gasteiger partial charge in [0.25, 0.3) is 11.2 Å². The molecule has 0 amide bonds. The van der Waals surface area contributed by atoms with Gasteiger partial charge >= 0.3 is 5.97 Å². The van der Waals surface area contributed by atoms with Crippen LogP contribution in [0.2, 0.25) is 0 Å². The molecule has 1 aliphatic rings. The van der Waals surface area contributed by atoms with Crippen molar-refractivity contribution in [3.63, 3.8) is 0 Å². The second kappa shape index (κ2) is 13.9. The number of para-hydroxylation sites is 1. The minimum atomic E-state index is -0.957. The maximum Gasteiger partial charge on any atom is 0.338 e. The average molecular weight is 666 g/mol. The number of carbonyl (C=O) groups excluding carboxylic acids is 1. The molecule has 0 unspecified atom stereocenters. The Kier molecular flexibility index (Phi) is 9.26. The van der Waals surface area contributed by atoms with E-state index in [0.717, 1.165) is 11.3 Å². The van der Waals surface area contributed by atoms with Gasteiger partial charge in [-0.3, -0.25) is 19.5 Å². The van der Waals surface area contributed by atoms with Crippen molar-refractivity contribution in [2.45, 2.75) is 19.6 Å². The molecule has 1 aliphatic heterocycles. The number of methoxy groups -OCH3 is 1. The number of nitrogens with zero attached hydrogens (tertiary/aromatic N) is 3. The first-order valence-corrected chi connectivity index (χ1v) is 15.7. The van der Waals surface area contributed by atoms with Crippen LogP contribution in [0.4, 0.5) is 10.1 Å². The van der Waals surface area contributed by atoms with Gasteiger partial charge in [0.2, 0.25) is 0 Å². The second-order valence-electron chi connectivity index (χ2n) is 10.6. The summed E-state index contributed by atoms with van der Waals surface area (Å²) in [4.78, 5) is 43.6. The van der Waals surface area contributed by atoms with Gasteiger partial charge in [-0.25, -0.2) is 14.2 Å². The minimum absolute atomic E-state index is 0.0346. The van der Waals surface area contributed by atoms with Crippen LogP contribution in [-0.2, 0) is 16.1 Å². The SMILES string of the molecule is CCOC(=O)C1=C(c2ccccc2)N=c2s/c(=C\c3cccc(OC)c3OCc3ccc([N+](=O)[O-])cc3)c(=O)n2[C@@H]1c1ccc(F)cc1. The van der Waals surface area contributed by atoms with Gasteiger partial charge < -0.3 is 14.2 Å². The van der Waals surface area contributed by atoms with Crippen molar-refractivity contribution in [1.82, 2.24) is 4.57 Å². The number of hydrogen-bond donors (Lipinski definition) is 0. The molecule has 0 bridgehead atoms. The third-order valence-corrected chi connectivity index (χ3v) is 8.59. The maximum absolute atomic E-state index is 14.3. The van der Waals surface area contributed by atoms with Crippen LogP contribution in [0.15, 0.2) is 112 Å². The van der Waals surface area contributed by atoms with Gasteiger partial charge in [0.1, 0.15) is 12.4 Å². The number of nitro benzene ring substituents is 1. The lowest BCUT2D eigenvalue weighted by molar-refractivity contribution is -0.384. The van der Waals surface area contributed by atoms with E-state index in [0.29, 0.717) is 48.8 Å². The van der Waals surface area contributed by atoms with E-state index in [4.69, 9.17) is 19.2 Å². The van der Waals surface area contributed by atoms with Crippen LogP contribution in [0.1, 0.15) is 35.2 Å². The number of esters is 1. The Bertz CT molecular complexity index is 2210. The quantitative estimate of drug-likeness (QED) is 0.109. The second-order valence-corrected chi connectivity index (χ2v) is 11.6. The summed E-state index contributed by atoms with van der Waals surface area (Å²) in [5, 5.41) is 11.1. The Morgan fingerprint density at radius 1 is 1.02 bits per heavy atom. The summed E-state index contributed by atoms with van der Waals surface area (Å²) < 4.78 is 33.0. The Balaban J connectivity index is 1.51. The van der Waals surface area contributed by atoms with Gasteiger partial charge in [0.15, 0.2) is 16.3 Å². The van der Waals surface area contributed by atoms with Crippen molar-refractivity contribution in [3.8, 4) is 11.5 Å². The molecule has 5 aromatic rings. The van der Waals surface area contributed by atoms with Crippen LogP contribution in [0.25, 0.3) is 11.8 Å². The number of aromatic nitrogens is 1. The van der Waals surface area contributed by atoms with Gasteiger partial charge in [0, 0.05) is 23.3 Å². The van der Waals surface area contributed by atoms with Gasteiger partial charge in [-0.15, -0.1) is 0 Å². The zero-order valence-electron chi connectivity index (χ0n) is 25.8. The molecule has 242 valence electrons. The fraction of sp³-hybridized carbons (Fsp3) is 0.139. The van der Waals surface area contributed by atoms with E-state index in [9.17, 15) is 24.1 Å². The molecule has 10 nitrogen and oxygen atoms in total. The molecule has 0 spiro atoms. The summed E-state index contributed by atoms with van der Waals surface area (Å²) in [6, 6.07) is 25.1. The van der Waals surface area contributed by atoms with Crippen LogP contribution in [0.5, 0.6) is 11.5 Å². The number of fused-ring (bicyclic) bond motifs is 1. The van der Waals surface area contributed by atoms with Crippen molar-refractivity contribution in [2.24, 2.45) is 4.99 Å². The van der Waals surface area contributed by atoms with Crippen molar-refractivity contribution in [2.75, 3.05) is 13.7 Å². The molecule has 4 aromatic carbocycles. The van der Waals surface area contributed by atoms with Crippen LogP contribution in [-0.4, -0.2) is 29.2 Å². The number of ether oxygens (including phenoxy) is 3.